The zero-order valence-corrected chi connectivity index (χ0v) is 27.9. The summed E-state index contributed by atoms with van der Waals surface area (Å²) in [6, 6.07) is 20.7. The number of nitrogen functional groups attached to an aromatic ring is 1. The number of nitrogens with zero attached hydrogens (tertiary/aromatic N) is 3. The van der Waals surface area contributed by atoms with Crippen LogP contribution in [0.15, 0.2) is 77.7 Å². The van der Waals surface area contributed by atoms with E-state index in [0.29, 0.717) is 11.4 Å². The van der Waals surface area contributed by atoms with Crippen molar-refractivity contribution in [2.24, 2.45) is 0 Å². The average molecular weight is 688 g/mol. The fourth-order valence-corrected chi connectivity index (χ4v) is 6.43. The Labute approximate surface area is 292 Å². The van der Waals surface area contributed by atoms with Crippen LogP contribution in [0, 0.1) is 6.92 Å². The van der Waals surface area contributed by atoms with Crippen molar-refractivity contribution in [2.75, 3.05) is 11.1 Å². The van der Waals surface area contributed by atoms with Crippen LogP contribution in [0.5, 0.6) is 0 Å². The van der Waals surface area contributed by atoms with Crippen molar-refractivity contribution < 1.29 is 24.6 Å². The molecule has 1 aliphatic rings. The van der Waals surface area contributed by atoms with Gasteiger partial charge >= 0.3 is 11.9 Å². The molecule has 0 saturated heterocycles. The van der Waals surface area contributed by atoms with E-state index in [1.807, 2.05) is 0 Å². The largest absolute Gasteiger partial charge is 0.481 e. The van der Waals surface area contributed by atoms with Gasteiger partial charge in [-0.1, -0.05) is 42.5 Å². The van der Waals surface area contributed by atoms with Gasteiger partial charge in [-0.15, -0.1) is 0 Å². The monoisotopic (exact) mass is 687 g/mol. The number of rotatable bonds is 9. The summed E-state index contributed by atoms with van der Waals surface area (Å²) >= 11 is 0. The lowest BCUT2D eigenvalue weighted by molar-refractivity contribution is -0.140. The average Bonchev–Trinajstić information content (AvgIpc) is 3.12. The van der Waals surface area contributed by atoms with Crippen LogP contribution < -0.4 is 21.9 Å². The summed E-state index contributed by atoms with van der Waals surface area (Å²) in [5.41, 5.74) is 11.1. The summed E-state index contributed by atoms with van der Waals surface area (Å²) in [5.74, 6) is -3.16. The molecular weight excluding hydrogens is 650 g/mol. The number of benzene rings is 4. The van der Waals surface area contributed by atoms with Gasteiger partial charge in [0.05, 0.1) is 18.4 Å². The van der Waals surface area contributed by atoms with Gasteiger partial charge in [0.1, 0.15) is 6.04 Å². The molecule has 13 heteroatoms. The summed E-state index contributed by atoms with van der Waals surface area (Å²) < 4.78 is 0. The van der Waals surface area contributed by atoms with Crippen LogP contribution in [0.2, 0.25) is 0 Å². The number of nitrogens with two attached hydrogens (primary N) is 1. The van der Waals surface area contributed by atoms with Gasteiger partial charge in [-0.2, -0.15) is 4.98 Å². The van der Waals surface area contributed by atoms with E-state index in [4.69, 9.17) is 15.9 Å². The molecule has 0 fully saturated rings. The minimum Gasteiger partial charge on any atom is -0.481 e. The number of amides is 1. The number of hydrogen-bond donors (Lipinski definition) is 6. The number of aliphatic carboxylic acids is 2. The highest BCUT2D eigenvalue weighted by molar-refractivity contribution is 6.10. The number of nitrogens with one attached hydrogen (secondary N) is 3. The van der Waals surface area contributed by atoms with E-state index < -0.39 is 29.4 Å². The van der Waals surface area contributed by atoms with Crippen molar-refractivity contribution in [3.63, 3.8) is 0 Å². The van der Waals surface area contributed by atoms with Crippen molar-refractivity contribution in [2.45, 2.75) is 58.0 Å². The third kappa shape index (κ3) is 7.93. The summed E-state index contributed by atoms with van der Waals surface area (Å²) in [6.45, 7) is 2.50. The molecule has 51 heavy (non-hydrogen) atoms. The number of carbonyl (C=O) groups excluding carboxylic acids is 1. The Morgan fingerprint density at radius 1 is 0.961 bits per heavy atom. The second-order valence-corrected chi connectivity index (χ2v) is 12.5. The Balaban J connectivity index is 0.000000198. The third-order valence-electron chi connectivity index (χ3n) is 8.91. The topological polar surface area (TPSA) is 213 Å². The Morgan fingerprint density at radius 3 is 2.49 bits per heavy atom. The van der Waals surface area contributed by atoms with Crippen LogP contribution in [0.4, 0.5) is 11.6 Å². The maximum Gasteiger partial charge on any atom is 0.326 e. The highest BCUT2D eigenvalue weighted by Crippen LogP contribution is 2.35. The number of carbonyl (C=O) groups is 3. The Kier molecular flexibility index (Phi) is 10.2. The van der Waals surface area contributed by atoms with E-state index in [9.17, 15) is 19.2 Å². The van der Waals surface area contributed by atoms with Crippen LogP contribution in [0.3, 0.4) is 0 Å². The van der Waals surface area contributed by atoms with Gasteiger partial charge in [0.25, 0.3) is 11.5 Å². The standard InChI is InChI=1S/C19H19N7O6.C19H18/c20-19-25-15-14(17(30)26-19)23-11(8-22-15)7-21-10-3-1-9(2-4-10)16(29)24-12(18(31)32)5-6-13(27)28;1-13-12-15-7-3-4-8-16(15)18-11-10-14-6-2-5-9-17(14)19(13)18/h1-4,8,12,21H,5-7H2,(H,24,29)(H,27,28)(H,31,32)(H3,20,22,25,26,30);3-4,7-8,10-12H,2,5-6,9H2,1H3. The minimum atomic E-state index is -1.31. The molecule has 13 nitrogen and oxygen atoms in total. The van der Waals surface area contributed by atoms with Gasteiger partial charge in [-0.3, -0.25) is 19.4 Å². The number of carboxylic acid groups (broad SMARTS) is 2. The number of H-pyrrole nitrogens is 1. The van der Waals surface area contributed by atoms with Crippen LogP contribution in [0.25, 0.3) is 32.7 Å². The highest BCUT2D eigenvalue weighted by atomic mass is 16.4. The van der Waals surface area contributed by atoms with E-state index in [1.165, 1.54) is 71.1 Å². The molecule has 0 radical (unpaired) electrons. The second-order valence-electron chi connectivity index (χ2n) is 12.5. The number of aryl methyl sites for hydroxylation is 3. The molecule has 0 aliphatic heterocycles. The van der Waals surface area contributed by atoms with E-state index in [1.54, 1.807) is 23.3 Å². The van der Waals surface area contributed by atoms with Crippen LogP contribution in [-0.4, -0.2) is 54.0 Å². The molecule has 0 spiro atoms. The molecule has 6 aromatic rings. The second kappa shape index (κ2) is 15.0. The minimum absolute atomic E-state index is 0.0524. The number of anilines is 2. The number of aromatic nitrogens is 4. The van der Waals surface area contributed by atoms with Gasteiger partial charge in [-0.25, -0.2) is 14.8 Å². The van der Waals surface area contributed by atoms with E-state index in [-0.39, 0.29) is 42.1 Å². The predicted octanol–water partition coefficient (Wildman–Crippen LogP) is 5.14. The number of fused-ring (bicyclic) bond motifs is 6. The first-order chi connectivity index (χ1) is 24.6. The number of aromatic amines is 1. The van der Waals surface area contributed by atoms with Gasteiger partial charge < -0.3 is 26.6 Å². The molecule has 260 valence electrons. The Hall–Kier alpha value is -6.37. The first-order valence-electron chi connectivity index (χ1n) is 16.6. The molecule has 0 bridgehead atoms. The third-order valence-corrected chi connectivity index (χ3v) is 8.91. The lowest BCUT2D eigenvalue weighted by Gasteiger charge is -2.20. The fourth-order valence-electron chi connectivity index (χ4n) is 6.43. The van der Waals surface area contributed by atoms with Gasteiger partial charge in [0.2, 0.25) is 5.95 Å². The summed E-state index contributed by atoms with van der Waals surface area (Å²) in [4.78, 5) is 60.6. The zero-order chi connectivity index (χ0) is 36.1. The lowest BCUT2D eigenvalue weighted by Crippen LogP contribution is -2.41. The molecule has 4 aromatic carbocycles. The van der Waals surface area contributed by atoms with Crippen molar-refractivity contribution >= 4 is 62.2 Å². The summed E-state index contributed by atoms with van der Waals surface area (Å²) in [6.07, 6.45) is 6.06. The molecule has 1 atom stereocenters. The molecule has 1 aliphatic carbocycles. The normalized spacial score (nSPS) is 12.8. The lowest BCUT2D eigenvalue weighted by atomic mass is 9.85. The molecule has 0 saturated carbocycles. The summed E-state index contributed by atoms with van der Waals surface area (Å²) in [5, 5.41) is 28.9. The molecule has 2 heterocycles. The Morgan fingerprint density at radius 2 is 1.73 bits per heavy atom. The van der Waals surface area contributed by atoms with Crippen molar-refractivity contribution in [1.29, 1.82) is 0 Å². The smallest absolute Gasteiger partial charge is 0.326 e. The van der Waals surface area contributed by atoms with Gasteiger partial charge in [0.15, 0.2) is 11.2 Å². The summed E-state index contributed by atoms with van der Waals surface area (Å²) in [7, 11) is 0. The van der Waals surface area contributed by atoms with E-state index in [0.717, 1.165) is 0 Å². The maximum atomic E-state index is 12.3. The maximum absolute atomic E-state index is 12.3. The van der Waals surface area contributed by atoms with E-state index in [2.05, 4.69) is 80.0 Å². The van der Waals surface area contributed by atoms with Gasteiger partial charge in [0, 0.05) is 17.7 Å². The van der Waals surface area contributed by atoms with E-state index >= 15 is 0 Å². The highest BCUT2D eigenvalue weighted by Gasteiger charge is 2.22. The van der Waals surface area contributed by atoms with Crippen molar-refractivity contribution in [1.82, 2.24) is 25.3 Å². The Bertz CT molecular complexity index is 2340. The number of hydrogen-bond acceptors (Lipinski definition) is 9. The van der Waals surface area contributed by atoms with Crippen molar-refractivity contribution in [3.05, 3.63) is 111 Å². The first-order valence-corrected chi connectivity index (χ1v) is 16.6. The molecule has 7 rings (SSSR count). The SMILES string of the molecule is Cc1cc2ccccc2c2ccc3c(c12)CCCC3.Nc1nc2ncc(CNc3ccc(C(=O)NC(CCC(=O)O)C(=O)O)cc3)nc2c(=O)[nH]1. The van der Waals surface area contributed by atoms with Crippen LogP contribution >= 0.6 is 0 Å². The predicted molar refractivity (Wildman–Crippen MR) is 195 cm³/mol. The zero-order valence-electron chi connectivity index (χ0n) is 27.9. The molecule has 1 unspecified atom stereocenters. The first kappa shape index (κ1) is 34.5. The molecule has 2 aromatic heterocycles. The number of carboxylic acids is 2. The van der Waals surface area contributed by atoms with Gasteiger partial charge in [-0.05, 0) is 102 Å². The van der Waals surface area contributed by atoms with Crippen LogP contribution in [0.1, 0.15) is 58.4 Å². The fraction of sp³-hybridized carbons (Fsp3) is 0.237. The molecule has 7 N–H and O–H groups in total. The molecule has 1 amide bonds. The van der Waals surface area contributed by atoms with Crippen LogP contribution in [-0.2, 0) is 29.0 Å². The molecular formula is C38H37N7O6. The van der Waals surface area contributed by atoms with Crippen molar-refractivity contribution in [3.8, 4) is 0 Å². The quantitative estimate of drug-likeness (QED) is 0.110.